The zero-order chi connectivity index (χ0) is 13.8. The molecular formula is C14H20BrN3O. The zero-order valence-electron chi connectivity index (χ0n) is 11.1. The molecule has 1 aromatic carbocycles. The minimum atomic E-state index is 0.0138. The average Bonchev–Trinajstić information content (AvgIpc) is 2.34. The monoisotopic (exact) mass is 325 g/mol. The van der Waals surface area contributed by atoms with Gasteiger partial charge in [0.05, 0.1) is 6.54 Å². The fourth-order valence-corrected chi connectivity index (χ4v) is 2.68. The molecule has 0 spiro atoms. The average molecular weight is 326 g/mol. The predicted molar refractivity (Wildman–Crippen MR) is 81.0 cm³/mol. The molecule has 4 nitrogen and oxygen atoms in total. The SMILES string of the molecule is CC1CCN(CC(=O)Nc2cccc(Br)c2)CC1N. The van der Waals surface area contributed by atoms with E-state index in [1.54, 1.807) is 0 Å². The summed E-state index contributed by atoms with van der Waals surface area (Å²) in [6.45, 7) is 4.32. The van der Waals surface area contributed by atoms with Gasteiger partial charge in [0.1, 0.15) is 0 Å². The minimum absolute atomic E-state index is 0.0138. The Morgan fingerprint density at radius 3 is 3.05 bits per heavy atom. The highest BCUT2D eigenvalue weighted by Gasteiger charge is 2.24. The standard InChI is InChI=1S/C14H20BrN3O/c1-10-5-6-18(8-13(10)16)9-14(19)17-12-4-2-3-11(15)7-12/h2-4,7,10,13H,5-6,8-9,16H2,1H3,(H,17,19). The number of nitrogens with zero attached hydrogens (tertiary/aromatic N) is 1. The van der Waals surface area contributed by atoms with Crippen LogP contribution in [0.4, 0.5) is 5.69 Å². The summed E-state index contributed by atoms with van der Waals surface area (Å²) < 4.78 is 0.958. The molecule has 0 radical (unpaired) electrons. The van der Waals surface area contributed by atoms with Crippen LogP contribution in [-0.4, -0.2) is 36.5 Å². The van der Waals surface area contributed by atoms with E-state index in [9.17, 15) is 4.79 Å². The molecule has 1 aliphatic rings. The minimum Gasteiger partial charge on any atom is -0.326 e. The topological polar surface area (TPSA) is 58.4 Å². The summed E-state index contributed by atoms with van der Waals surface area (Å²) in [7, 11) is 0. The molecule has 2 atom stereocenters. The molecule has 2 rings (SSSR count). The van der Waals surface area contributed by atoms with Crippen LogP contribution in [0.3, 0.4) is 0 Å². The van der Waals surface area contributed by atoms with E-state index >= 15 is 0 Å². The molecule has 0 bridgehead atoms. The molecule has 2 unspecified atom stereocenters. The van der Waals surface area contributed by atoms with Crippen LogP contribution >= 0.6 is 15.9 Å². The van der Waals surface area contributed by atoms with Crippen LogP contribution < -0.4 is 11.1 Å². The van der Waals surface area contributed by atoms with Crippen molar-refractivity contribution < 1.29 is 4.79 Å². The Hall–Kier alpha value is -0.910. The lowest BCUT2D eigenvalue weighted by atomic mass is 9.94. The van der Waals surface area contributed by atoms with Gasteiger partial charge < -0.3 is 11.1 Å². The van der Waals surface area contributed by atoms with Gasteiger partial charge in [-0.15, -0.1) is 0 Å². The van der Waals surface area contributed by atoms with Crippen molar-refractivity contribution in [3.8, 4) is 0 Å². The predicted octanol–water partition coefficient (Wildman–Crippen LogP) is 2.06. The molecule has 3 N–H and O–H groups in total. The number of carbonyl (C=O) groups excluding carboxylic acids is 1. The fraction of sp³-hybridized carbons (Fsp3) is 0.500. The first-order chi connectivity index (χ1) is 9.04. The first-order valence-electron chi connectivity index (χ1n) is 6.58. The summed E-state index contributed by atoms with van der Waals surface area (Å²) >= 11 is 3.39. The third-order valence-corrected chi connectivity index (χ3v) is 4.07. The molecule has 5 heteroatoms. The van der Waals surface area contributed by atoms with Crippen LogP contribution in [0.15, 0.2) is 28.7 Å². The van der Waals surface area contributed by atoms with Gasteiger partial charge in [0, 0.05) is 22.7 Å². The number of halogens is 1. The highest BCUT2D eigenvalue weighted by molar-refractivity contribution is 9.10. The number of carbonyl (C=O) groups is 1. The highest BCUT2D eigenvalue weighted by atomic mass is 79.9. The number of piperidine rings is 1. The highest BCUT2D eigenvalue weighted by Crippen LogP contribution is 2.17. The molecular weight excluding hydrogens is 306 g/mol. The normalized spacial score (nSPS) is 24.2. The van der Waals surface area contributed by atoms with Gasteiger partial charge in [-0.25, -0.2) is 0 Å². The third-order valence-electron chi connectivity index (χ3n) is 3.58. The van der Waals surface area contributed by atoms with Crippen molar-refractivity contribution in [3.63, 3.8) is 0 Å². The number of hydrogen-bond donors (Lipinski definition) is 2. The van der Waals surface area contributed by atoms with E-state index in [0.717, 1.165) is 29.7 Å². The maximum Gasteiger partial charge on any atom is 0.238 e. The lowest BCUT2D eigenvalue weighted by Gasteiger charge is -2.34. The van der Waals surface area contributed by atoms with Crippen LogP contribution in [0.5, 0.6) is 0 Å². The van der Waals surface area contributed by atoms with E-state index in [1.165, 1.54) is 0 Å². The van der Waals surface area contributed by atoms with Gasteiger partial charge in [-0.3, -0.25) is 9.69 Å². The summed E-state index contributed by atoms with van der Waals surface area (Å²) in [5.74, 6) is 0.559. The molecule has 1 amide bonds. The molecule has 1 fully saturated rings. The quantitative estimate of drug-likeness (QED) is 0.894. The van der Waals surface area contributed by atoms with Gasteiger partial charge in [-0.05, 0) is 37.1 Å². The lowest BCUT2D eigenvalue weighted by molar-refractivity contribution is -0.117. The van der Waals surface area contributed by atoms with Gasteiger partial charge >= 0.3 is 0 Å². The zero-order valence-corrected chi connectivity index (χ0v) is 12.7. The lowest BCUT2D eigenvalue weighted by Crippen LogP contribution is -2.49. The van der Waals surface area contributed by atoms with E-state index in [1.807, 2.05) is 24.3 Å². The number of anilines is 1. The van der Waals surface area contributed by atoms with Crippen LogP contribution in [0.25, 0.3) is 0 Å². The summed E-state index contributed by atoms with van der Waals surface area (Å²) in [5, 5.41) is 2.90. The van der Waals surface area contributed by atoms with Gasteiger partial charge in [0.2, 0.25) is 5.91 Å². The van der Waals surface area contributed by atoms with Crippen LogP contribution in [0.2, 0.25) is 0 Å². The van der Waals surface area contributed by atoms with Crippen LogP contribution in [0, 0.1) is 5.92 Å². The number of hydrogen-bond acceptors (Lipinski definition) is 3. The van der Waals surface area contributed by atoms with E-state index in [4.69, 9.17) is 5.73 Å². The number of amides is 1. The second-order valence-electron chi connectivity index (χ2n) is 5.22. The number of nitrogens with two attached hydrogens (primary N) is 1. The van der Waals surface area contributed by atoms with Gasteiger partial charge in [-0.1, -0.05) is 28.9 Å². The molecule has 1 heterocycles. The maximum absolute atomic E-state index is 12.0. The van der Waals surface area contributed by atoms with E-state index < -0.39 is 0 Å². The number of likely N-dealkylation sites (tertiary alicyclic amines) is 1. The van der Waals surface area contributed by atoms with Gasteiger partial charge in [-0.2, -0.15) is 0 Å². The fourth-order valence-electron chi connectivity index (χ4n) is 2.28. The third kappa shape index (κ3) is 4.30. The Morgan fingerprint density at radius 2 is 2.37 bits per heavy atom. The summed E-state index contributed by atoms with van der Waals surface area (Å²) in [5.41, 5.74) is 6.85. The Balaban J connectivity index is 1.85. The van der Waals surface area contributed by atoms with Gasteiger partial charge in [0.15, 0.2) is 0 Å². The largest absolute Gasteiger partial charge is 0.326 e. The summed E-state index contributed by atoms with van der Waals surface area (Å²) in [6, 6.07) is 7.78. The van der Waals surface area contributed by atoms with Crippen molar-refractivity contribution in [2.45, 2.75) is 19.4 Å². The number of nitrogens with one attached hydrogen (secondary N) is 1. The molecule has 0 saturated carbocycles. The van der Waals surface area contributed by atoms with Crippen LogP contribution in [0.1, 0.15) is 13.3 Å². The smallest absolute Gasteiger partial charge is 0.238 e. The van der Waals surface area contributed by atoms with Crippen molar-refractivity contribution in [3.05, 3.63) is 28.7 Å². The van der Waals surface area contributed by atoms with Crippen molar-refractivity contribution in [2.24, 2.45) is 11.7 Å². The molecule has 1 aliphatic heterocycles. The Kier molecular flexibility index (Phi) is 4.96. The first-order valence-corrected chi connectivity index (χ1v) is 7.37. The number of rotatable bonds is 3. The van der Waals surface area contributed by atoms with Gasteiger partial charge in [0.25, 0.3) is 0 Å². The van der Waals surface area contributed by atoms with Crippen LogP contribution in [-0.2, 0) is 4.79 Å². The molecule has 0 aromatic heterocycles. The first kappa shape index (κ1) is 14.5. The Bertz CT molecular complexity index is 452. The number of benzene rings is 1. The van der Waals surface area contributed by atoms with Crippen molar-refractivity contribution in [1.82, 2.24) is 4.90 Å². The molecule has 1 aromatic rings. The Labute approximate surface area is 122 Å². The second kappa shape index (κ2) is 6.50. The van der Waals surface area contributed by atoms with Crippen molar-refractivity contribution in [1.29, 1.82) is 0 Å². The van der Waals surface area contributed by atoms with Crippen molar-refractivity contribution >= 4 is 27.5 Å². The van der Waals surface area contributed by atoms with Crippen molar-refractivity contribution in [2.75, 3.05) is 25.0 Å². The van der Waals surface area contributed by atoms with E-state index in [2.05, 4.69) is 33.1 Å². The summed E-state index contributed by atoms with van der Waals surface area (Å²) in [6.07, 6.45) is 1.06. The second-order valence-corrected chi connectivity index (χ2v) is 6.14. The molecule has 1 saturated heterocycles. The maximum atomic E-state index is 12.0. The molecule has 19 heavy (non-hydrogen) atoms. The summed E-state index contributed by atoms with van der Waals surface area (Å²) in [4.78, 5) is 14.1. The Morgan fingerprint density at radius 1 is 1.58 bits per heavy atom. The van der Waals surface area contributed by atoms with E-state index in [0.29, 0.717) is 12.5 Å². The molecule has 104 valence electrons. The molecule has 0 aliphatic carbocycles. The van der Waals surface area contributed by atoms with E-state index in [-0.39, 0.29) is 11.9 Å².